The quantitative estimate of drug-likeness (QED) is 0.744. The number of amides is 1. The Bertz CT molecular complexity index is 942. The van der Waals surface area contributed by atoms with Gasteiger partial charge in [-0.3, -0.25) is 9.10 Å². The second kappa shape index (κ2) is 8.51. The summed E-state index contributed by atoms with van der Waals surface area (Å²) in [6, 6.07) is 12.9. The molecule has 0 aliphatic carbocycles. The zero-order valence-electron chi connectivity index (χ0n) is 16.0. The number of carbonyl (C=O) groups excluding carboxylic acids is 1. The number of likely N-dealkylation sites (N-methyl/N-ethyl adjacent to an activating group) is 1. The van der Waals surface area contributed by atoms with Crippen LogP contribution in [0.1, 0.15) is 17.3 Å². The molecule has 150 valence electrons. The minimum Gasteiger partial charge on any atom is -0.336 e. The zero-order valence-corrected chi connectivity index (χ0v) is 17.6. The van der Waals surface area contributed by atoms with E-state index in [-0.39, 0.29) is 15.8 Å². The van der Waals surface area contributed by atoms with E-state index in [9.17, 15) is 13.2 Å². The molecule has 1 aliphatic heterocycles. The Morgan fingerprint density at radius 2 is 1.71 bits per heavy atom. The smallest absolute Gasteiger partial charge is 0.264 e. The Balaban J connectivity index is 1.80. The van der Waals surface area contributed by atoms with Gasteiger partial charge in [0, 0.05) is 33.2 Å². The highest BCUT2D eigenvalue weighted by Gasteiger charge is 2.25. The number of benzene rings is 2. The number of piperazine rings is 1. The Morgan fingerprint density at radius 1 is 1.07 bits per heavy atom. The monoisotopic (exact) mass is 421 g/mol. The van der Waals surface area contributed by atoms with Crippen molar-refractivity contribution < 1.29 is 13.2 Å². The van der Waals surface area contributed by atoms with Gasteiger partial charge in [0.1, 0.15) is 0 Å². The van der Waals surface area contributed by atoms with E-state index in [1.165, 1.54) is 17.4 Å². The fourth-order valence-electron chi connectivity index (χ4n) is 3.20. The lowest BCUT2D eigenvalue weighted by molar-refractivity contribution is 0.0643. The van der Waals surface area contributed by atoms with Gasteiger partial charge in [0.2, 0.25) is 0 Å². The third kappa shape index (κ3) is 4.16. The first-order valence-electron chi connectivity index (χ1n) is 9.19. The van der Waals surface area contributed by atoms with Gasteiger partial charge in [0.15, 0.2) is 0 Å². The van der Waals surface area contributed by atoms with Gasteiger partial charge in [-0.2, -0.15) is 0 Å². The molecule has 6 nitrogen and oxygen atoms in total. The molecular weight excluding hydrogens is 398 g/mol. The summed E-state index contributed by atoms with van der Waals surface area (Å²) in [7, 11) is -2.23. The van der Waals surface area contributed by atoms with Crippen LogP contribution in [0.4, 0.5) is 5.69 Å². The molecule has 0 bridgehead atoms. The predicted octanol–water partition coefficient (Wildman–Crippen LogP) is 2.94. The molecule has 0 atom stereocenters. The summed E-state index contributed by atoms with van der Waals surface area (Å²) in [5.41, 5.74) is 0.794. The summed E-state index contributed by atoms with van der Waals surface area (Å²) in [4.78, 5) is 17.1. The molecule has 0 unspecified atom stereocenters. The maximum Gasteiger partial charge on any atom is 0.264 e. The van der Waals surface area contributed by atoms with Crippen molar-refractivity contribution in [1.29, 1.82) is 0 Å². The highest BCUT2D eigenvalue weighted by molar-refractivity contribution is 7.92. The lowest BCUT2D eigenvalue weighted by atomic mass is 10.1. The molecule has 2 aromatic carbocycles. The largest absolute Gasteiger partial charge is 0.336 e. The lowest BCUT2D eigenvalue weighted by Gasteiger charge is -2.34. The molecule has 1 amide bonds. The normalized spacial score (nSPS) is 15.5. The zero-order chi connectivity index (χ0) is 20.3. The van der Waals surface area contributed by atoms with Crippen molar-refractivity contribution >= 4 is 33.2 Å². The van der Waals surface area contributed by atoms with Crippen LogP contribution < -0.4 is 4.31 Å². The van der Waals surface area contributed by atoms with Crippen LogP contribution in [-0.4, -0.2) is 63.9 Å². The lowest BCUT2D eigenvalue weighted by Crippen LogP contribution is -2.48. The predicted molar refractivity (Wildman–Crippen MR) is 112 cm³/mol. The summed E-state index contributed by atoms with van der Waals surface area (Å²) in [5, 5.41) is 0.246. The fraction of sp³-hybridized carbons (Fsp3) is 0.350. The van der Waals surface area contributed by atoms with Gasteiger partial charge in [-0.25, -0.2) is 8.42 Å². The number of rotatable bonds is 5. The minimum atomic E-state index is -3.70. The van der Waals surface area contributed by atoms with E-state index in [0.717, 1.165) is 19.6 Å². The van der Waals surface area contributed by atoms with Crippen LogP contribution in [0.25, 0.3) is 0 Å². The number of hydrogen-bond acceptors (Lipinski definition) is 4. The van der Waals surface area contributed by atoms with Crippen molar-refractivity contribution in [3.63, 3.8) is 0 Å². The second-order valence-corrected chi connectivity index (χ2v) is 9.05. The number of carbonyl (C=O) groups is 1. The second-order valence-electron chi connectivity index (χ2n) is 6.68. The van der Waals surface area contributed by atoms with Crippen molar-refractivity contribution in [2.75, 3.05) is 44.1 Å². The highest BCUT2D eigenvalue weighted by Crippen LogP contribution is 2.28. The van der Waals surface area contributed by atoms with Crippen LogP contribution in [0.3, 0.4) is 0 Å². The third-order valence-electron chi connectivity index (χ3n) is 5.06. The SMILES string of the molecule is CCN1CCN(C(=O)c2ccc(N(C)S(=O)(=O)c3ccccc3)cc2Cl)CC1. The molecule has 1 saturated heterocycles. The van der Waals surface area contributed by atoms with Crippen molar-refractivity contribution in [2.24, 2.45) is 0 Å². The molecule has 0 radical (unpaired) electrons. The van der Waals surface area contributed by atoms with E-state index >= 15 is 0 Å². The van der Waals surface area contributed by atoms with Crippen LogP contribution >= 0.6 is 11.6 Å². The van der Waals surface area contributed by atoms with E-state index < -0.39 is 10.0 Å². The maximum atomic E-state index is 12.8. The number of nitrogens with zero attached hydrogens (tertiary/aromatic N) is 3. The van der Waals surface area contributed by atoms with Crippen molar-refractivity contribution in [3.8, 4) is 0 Å². The topological polar surface area (TPSA) is 60.9 Å². The van der Waals surface area contributed by atoms with E-state index in [0.29, 0.717) is 24.3 Å². The third-order valence-corrected chi connectivity index (χ3v) is 7.17. The summed E-state index contributed by atoms with van der Waals surface area (Å²) < 4.78 is 26.7. The highest BCUT2D eigenvalue weighted by atomic mass is 35.5. The average molecular weight is 422 g/mol. The Kier molecular flexibility index (Phi) is 6.27. The molecule has 2 aromatic rings. The molecule has 28 heavy (non-hydrogen) atoms. The van der Waals surface area contributed by atoms with Crippen LogP contribution in [0.2, 0.25) is 5.02 Å². The van der Waals surface area contributed by atoms with Crippen molar-refractivity contribution in [3.05, 3.63) is 59.1 Å². The number of sulfonamides is 1. The van der Waals surface area contributed by atoms with Crippen LogP contribution in [0.15, 0.2) is 53.4 Å². The van der Waals surface area contributed by atoms with E-state index in [1.807, 2.05) is 0 Å². The molecular formula is C20H24ClN3O3S. The molecule has 3 rings (SSSR count). The first-order chi connectivity index (χ1) is 13.3. The molecule has 1 heterocycles. The molecule has 0 N–H and O–H groups in total. The number of anilines is 1. The molecule has 0 aromatic heterocycles. The van der Waals surface area contributed by atoms with Gasteiger partial charge < -0.3 is 9.80 Å². The van der Waals surface area contributed by atoms with Gasteiger partial charge in [-0.15, -0.1) is 0 Å². The van der Waals surface area contributed by atoms with E-state index in [4.69, 9.17) is 11.6 Å². The molecule has 0 spiro atoms. The maximum absolute atomic E-state index is 12.8. The summed E-state index contributed by atoms with van der Waals surface area (Å²) in [5.74, 6) is -0.124. The van der Waals surface area contributed by atoms with Gasteiger partial charge in [0.25, 0.3) is 15.9 Å². The minimum absolute atomic E-state index is 0.124. The molecule has 1 aliphatic rings. The average Bonchev–Trinajstić information content (AvgIpc) is 2.73. The van der Waals surface area contributed by atoms with Gasteiger partial charge in [-0.1, -0.05) is 36.7 Å². The summed E-state index contributed by atoms with van der Waals surface area (Å²) in [6.45, 7) is 6.08. The Hall–Kier alpha value is -2.09. The summed E-state index contributed by atoms with van der Waals surface area (Å²) in [6.07, 6.45) is 0. The van der Waals surface area contributed by atoms with Gasteiger partial charge in [0.05, 0.1) is 21.2 Å². The first kappa shape index (κ1) is 20.6. The Morgan fingerprint density at radius 3 is 2.29 bits per heavy atom. The van der Waals surface area contributed by atoms with Crippen LogP contribution in [0.5, 0.6) is 0 Å². The molecule has 0 saturated carbocycles. The van der Waals surface area contributed by atoms with Crippen LogP contribution in [-0.2, 0) is 10.0 Å². The van der Waals surface area contributed by atoms with E-state index in [1.54, 1.807) is 47.4 Å². The van der Waals surface area contributed by atoms with Crippen molar-refractivity contribution in [2.45, 2.75) is 11.8 Å². The van der Waals surface area contributed by atoms with Gasteiger partial charge in [-0.05, 0) is 36.9 Å². The van der Waals surface area contributed by atoms with Gasteiger partial charge >= 0.3 is 0 Å². The molecule has 1 fully saturated rings. The fourth-order valence-corrected chi connectivity index (χ4v) is 4.66. The summed E-state index contributed by atoms with van der Waals surface area (Å²) >= 11 is 6.36. The Labute approximate surface area is 171 Å². The molecule has 8 heteroatoms. The first-order valence-corrected chi connectivity index (χ1v) is 11.0. The van der Waals surface area contributed by atoms with E-state index in [2.05, 4.69) is 11.8 Å². The van der Waals surface area contributed by atoms with Crippen molar-refractivity contribution in [1.82, 2.24) is 9.80 Å². The number of hydrogen-bond donors (Lipinski definition) is 0. The standard InChI is InChI=1S/C20H24ClN3O3S/c1-3-23-11-13-24(14-12-23)20(25)18-10-9-16(15-19(18)21)22(2)28(26,27)17-7-5-4-6-8-17/h4-10,15H,3,11-14H2,1-2H3. The van der Waals surface area contributed by atoms with Crippen LogP contribution in [0, 0.1) is 0 Å². The number of halogens is 1.